The number of tetrazole rings is 1. The van der Waals surface area contributed by atoms with Crippen molar-refractivity contribution in [1.82, 2.24) is 25.9 Å². The molecule has 0 bridgehead atoms. The van der Waals surface area contributed by atoms with Crippen molar-refractivity contribution in [2.75, 3.05) is 6.54 Å². The summed E-state index contributed by atoms with van der Waals surface area (Å²) in [5.41, 5.74) is 7.70. The molecule has 1 unspecified atom stereocenters. The summed E-state index contributed by atoms with van der Waals surface area (Å²) in [6.45, 7) is 4.00. The second-order valence-corrected chi connectivity index (χ2v) is 4.50. The number of aryl methyl sites for hydroxylation is 1. The highest BCUT2D eigenvalue weighted by atomic mass is 16.1. The summed E-state index contributed by atoms with van der Waals surface area (Å²) >= 11 is 0. The van der Waals surface area contributed by atoms with Gasteiger partial charge in [0.15, 0.2) is 5.82 Å². The van der Waals surface area contributed by atoms with E-state index in [1.807, 2.05) is 13.0 Å². The third kappa shape index (κ3) is 3.64. The molecular formula is C14H16N6O. The Bertz CT molecular complexity index is 683. The van der Waals surface area contributed by atoms with Crippen LogP contribution in [0.25, 0.3) is 0 Å². The number of hydrogen-bond donors (Lipinski definition) is 3. The van der Waals surface area contributed by atoms with Gasteiger partial charge in [-0.2, -0.15) is 5.21 Å². The van der Waals surface area contributed by atoms with Gasteiger partial charge in [0.1, 0.15) is 0 Å². The lowest BCUT2D eigenvalue weighted by Crippen LogP contribution is -2.27. The number of H-pyrrole nitrogens is 1. The Morgan fingerprint density at radius 1 is 1.52 bits per heavy atom. The SMILES string of the molecule is Cc1cc(C(=O)NC(C)c2nn[nH]n2)ccc1C#CCN. The van der Waals surface area contributed by atoms with Gasteiger partial charge in [-0.25, -0.2) is 0 Å². The minimum absolute atomic E-state index is 0.200. The maximum Gasteiger partial charge on any atom is 0.251 e. The lowest BCUT2D eigenvalue weighted by atomic mass is 10.0. The molecule has 0 saturated heterocycles. The predicted octanol–water partition coefficient (Wildman–Crippen LogP) is 0.309. The van der Waals surface area contributed by atoms with Crippen LogP contribution < -0.4 is 11.1 Å². The van der Waals surface area contributed by atoms with Gasteiger partial charge in [-0.3, -0.25) is 4.79 Å². The van der Waals surface area contributed by atoms with Crippen LogP contribution in [0.2, 0.25) is 0 Å². The Kier molecular flexibility index (Phi) is 4.64. The molecule has 1 atom stereocenters. The van der Waals surface area contributed by atoms with Gasteiger partial charge in [-0.1, -0.05) is 17.1 Å². The number of nitrogens with zero attached hydrogens (tertiary/aromatic N) is 3. The topological polar surface area (TPSA) is 110 Å². The second kappa shape index (κ2) is 6.63. The van der Waals surface area contributed by atoms with Crippen molar-refractivity contribution in [3.63, 3.8) is 0 Å². The molecule has 108 valence electrons. The first-order chi connectivity index (χ1) is 10.1. The highest BCUT2D eigenvalue weighted by Crippen LogP contribution is 2.12. The zero-order valence-electron chi connectivity index (χ0n) is 11.8. The molecular weight excluding hydrogens is 268 g/mol. The standard InChI is InChI=1S/C14H16N6O/c1-9-8-12(6-5-11(9)4-3-7-15)14(21)16-10(2)13-17-19-20-18-13/h5-6,8,10H,7,15H2,1-2H3,(H,16,21)(H,17,18,19,20). The minimum Gasteiger partial charge on any atom is -0.342 e. The van der Waals surface area contributed by atoms with E-state index in [-0.39, 0.29) is 11.9 Å². The normalized spacial score (nSPS) is 11.4. The number of hydrogen-bond acceptors (Lipinski definition) is 5. The average molecular weight is 284 g/mol. The molecule has 1 amide bonds. The molecule has 0 spiro atoms. The molecule has 7 nitrogen and oxygen atoms in total. The summed E-state index contributed by atoms with van der Waals surface area (Å²) in [6, 6.07) is 5.00. The van der Waals surface area contributed by atoms with E-state index in [9.17, 15) is 4.79 Å². The van der Waals surface area contributed by atoms with Crippen LogP contribution in [0.3, 0.4) is 0 Å². The van der Waals surface area contributed by atoms with E-state index >= 15 is 0 Å². The van der Waals surface area contributed by atoms with E-state index in [1.165, 1.54) is 0 Å². The number of aromatic nitrogens is 4. The zero-order chi connectivity index (χ0) is 15.2. The van der Waals surface area contributed by atoms with Gasteiger partial charge < -0.3 is 11.1 Å². The molecule has 1 aromatic heterocycles. The summed E-state index contributed by atoms with van der Waals surface area (Å²) in [5, 5.41) is 16.3. The molecule has 2 rings (SSSR count). The van der Waals surface area contributed by atoms with Crippen LogP contribution in [-0.2, 0) is 0 Å². The maximum absolute atomic E-state index is 12.2. The number of carbonyl (C=O) groups excluding carboxylic acids is 1. The van der Waals surface area contributed by atoms with E-state index < -0.39 is 0 Å². The first-order valence-corrected chi connectivity index (χ1v) is 6.45. The molecule has 0 aliphatic carbocycles. The molecule has 21 heavy (non-hydrogen) atoms. The van der Waals surface area contributed by atoms with Crippen molar-refractivity contribution in [3.8, 4) is 11.8 Å². The smallest absolute Gasteiger partial charge is 0.251 e. The monoisotopic (exact) mass is 284 g/mol. The molecule has 7 heteroatoms. The molecule has 4 N–H and O–H groups in total. The largest absolute Gasteiger partial charge is 0.342 e. The summed E-state index contributed by atoms with van der Waals surface area (Å²) < 4.78 is 0. The van der Waals surface area contributed by atoms with Gasteiger partial charge in [0.25, 0.3) is 5.91 Å². The van der Waals surface area contributed by atoms with Crippen molar-refractivity contribution < 1.29 is 4.79 Å². The molecule has 0 saturated carbocycles. The van der Waals surface area contributed by atoms with E-state index in [0.717, 1.165) is 11.1 Å². The Labute approximate surface area is 122 Å². The number of aromatic amines is 1. The first kappa shape index (κ1) is 14.7. The molecule has 1 aromatic carbocycles. The average Bonchev–Trinajstić information content (AvgIpc) is 3.00. The first-order valence-electron chi connectivity index (χ1n) is 6.45. The summed E-state index contributed by atoms with van der Waals surface area (Å²) in [4.78, 5) is 12.2. The Morgan fingerprint density at radius 3 is 2.95 bits per heavy atom. The van der Waals surface area contributed by atoms with Gasteiger partial charge in [0.2, 0.25) is 0 Å². The third-order valence-electron chi connectivity index (χ3n) is 2.91. The van der Waals surface area contributed by atoms with Crippen molar-refractivity contribution in [2.45, 2.75) is 19.9 Å². The molecule has 0 radical (unpaired) electrons. The Hall–Kier alpha value is -2.72. The van der Waals surface area contributed by atoms with Crippen LogP contribution in [0.4, 0.5) is 0 Å². The van der Waals surface area contributed by atoms with Gasteiger partial charge in [-0.05, 0) is 37.6 Å². The van der Waals surface area contributed by atoms with Gasteiger partial charge >= 0.3 is 0 Å². The van der Waals surface area contributed by atoms with Crippen LogP contribution in [0, 0.1) is 18.8 Å². The quantitative estimate of drug-likeness (QED) is 0.703. The maximum atomic E-state index is 12.2. The van der Waals surface area contributed by atoms with Gasteiger partial charge in [0.05, 0.1) is 12.6 Å². The molecule has 0 aliphatic heterocycles. The Balaban J connectivity index is 2.11. The van der Waals surface area contributed by atoms with E-state index in [4.69, 9.17) is 5.73 Å². The minimum atomic E-state index is -0.326. The van der Waals surface area contributed by atoms with E-state index in [1.54, 1.807) is 19.1 Å². The number of rotatable bonds is 3. The molecule has 2 aromatic rings. The van der Waals surface area contributed by atoms with E-state index in [2.05, 4.69) is 37.8 Å². The lowest BCUT2D eigenvalue weighted by molar-refractivity contribution is 0.0938. The van der Waals surface area contributed by atoms with Crippen LogP contribution in [0.5, 0.6) is 0 Å². The number of benzene rings is 1. The van der Waals surface area contributed by atoms with Crippen molar-refractivity contribution >= 4 is 5.91 Å². The van der Waals surface area contributed by atoms with Crippen molar-refractivity contribution in [3.05, 3.63) is 40.7 Å². The molecule has 1 heterocycles. The molecule has 0 fully saturated rings. The Morgan fingerprint density at radius 2 is 2.33 bits per heavy atom. The third-order valence-corrected chi connectivity index (χ3v) is 2.91. The van der Waals surface area contributed by atoms with Crippen LogP contribution >= 0.6 is 0 Å². The number of amides is 1. The summed E-state index contributed by atoms with van der Waals surface area (Å²) in [5.74, 6) is 5.99. The summed E-state index contributed by atoms with van der Waals surface area (Å²) in [6.07, 6.45) is 0. The number of carbonyl (C=O) groups is 1. The highest BCUT2D eigenvalue weighted by Gasteiger charge is 2.15. The van der Waals surface area contributed by atoms with Crippen molar-refractivity contribution in [2.24, 2.45) is 5.73 Å². The van der Waals surface area contributed by atoms with Crippen LogP contribution in [0.15, 0.2) is 18.2 Å². The summed E-state index contributed by atoms with van der Waals surface area (Å²) in [7, 11) is 0. The fraction of sp³-hybridized carbons (Fsp3) is 0.286. The lowest BCUT2D eigenvalue weighted by Gasteiger charge is -2.10. The fourth-order valence-electron chi connectivity index (χ4n) is 1.79. The fourth-order valence-corrected chi connectivity index (χ4v) is 1.79. The van der Waals surface area contributed by atoms with Crippen LogP contribution in [0.1, 0.15) is 40.3 Å². The number of nitrogens with two attached hydrogens (primary N) is 1. The van der Waals surface area contributed by atoms with Gasteiger partial charge in [-0.15, -0.1) is 10.2 Å². The van der Waals surface area contributed by atoms with E-state index in [0.29, 0.717) is 17.9 Å². The highest BCUT2D eigenvalue weighted by molar-refractivity contribution is 5.94. The predicted molar refractivity (Wildman–Crippen MR) is 77.2 cm³/mol. The van der Waals surface area contributed by atoms with Gasteiger partial charge in [0, 0.05) is 11.1 Å². The van der Waals surface area contributed by atoms with Crippen LogP contribution in [-0.4, -0.2) is 33.1 Å². The zero-order valence-corrected chi connectivity index (χ0v) is 11.8. The molecule has 0 aliphatic rings. The second-order valence-electron chi connectivity index (χ2n) is 4.50. The van der Waals surface area contributed by atoms with Crippen molar-refractivity contribution in [1.29, 1.82) is 0 Å². The number of nitrogens with one attached hydrogen (secondary N) is 2.